The topological polar surface area (TPSA) is 54.0 Å². The summed E-state index contributed by atoms with van der Waals surface area (Å²) in [6.07, 6.45) is 0.477. The van der Waals surface area contributed by atoms with Crippen LogP contribution in [0.25, 0.3) is 0 Å². The average molecular weight is 255 g/mol. The van der Waals surface area contributed by atoms with Gasteiger partial charge in [-0.25, -0.2) is 4.98 Å². The molecule has 0 saturated heterocycles. The minimum absolute atomic E-state index is 0.0168. The summed E-state index contributed by atoms with van der Waals surface area (Å²) >= 11 is 1.48. The summed E-state index contributed by atoms with van der Waals surface area (Å²) in [6.45, 7) is 9.10. The smallest absolute Gasteiger partial charge is 0.227 e. The number of rotatable bonds is 6. The maximum absolute atomic E-state index is 11.7. The molecule has 0 radical (unpaired) electrons. The first-order valence-corrected chi connectivity index (χ1v) is 6.89. The Kier molecular flexibility index (Phi) is 5.58. The van der Waals surface area contributed by atoms with Crippen molar-refractivity contribution in [1.82, 2.24) is 10.3 Å². The molecule has 17 heavy (non-hydrogen) atoms. The molecule has 0 aromatic carbocycles. The van der Waals surface area contributed by atoms with E-state index in [4.69, 9.17) is 0 Å². The highest BCUT2D eigenvalue weighted by atomic mass is 32.1. The largest absolute Gasteiger partial charge is 0.314 e. The second-order valence-electron chi connectivity index (χ2n) is 4.44. The molecule has 0 aliphatic rings. The van der Waals surface area contributed by atoms with E-state index < -0.39 is 0 Å². The van der Waals surface area contributed by atoms with Gasteiger partial charge in [0.25, 0.3) is 0 Å². The Balaban J connectivity index is 2.44. The molecule has 0 bridgehead atoms. The summed E-state index contributed by atoms with van der Waals surface area (Å²) in [4.78, 5) is 16.1. The van der Waals surface area contributed by atoms with Crippen molar-refractivity contribution in [1.29, 1.82) is 0 Å². The molecule has 0 fully saturated rings. The maximum atomic E-state index is 11.7. The second kappa shape index (κ2) is 6.71. The predicted octanol–water partition coefficient (Wildman–Crippen LogP) is 2.59. The fourth-order valence-corrected chi connectivity index (χ4v) is 2.37. The molecule has 1 atom stereocenters. The van der Waals surface area contributed by atoms with Crippen molar-refractivity contribution in [3.05, 3.63) is 11.1 Å². The van der Waals surface area contributed by atoms with E-state index in [1.807, 2.05) is 19.2 Å². The Morgan fingerprint density at radius 1 is 1.47 bits per heavy atom. The molecule has 1 heterocycles. The van der Waals surface area contributed by atoms with Gasteiger partial charge in [0.1, 0.15) is 0 Å². The Morgan fingerprint density at radius 3 is 2.71 bits per heavy atom. The average Bonchev–Trinajstić information content (AvgIpc) is 2.66. The number of thiazole rings is 1. The number of anilines is 1. The normalized spacial score (nSPS) is 12.8. The van der Waals surface area contributed by atoms with Gasteiger partial charge in [-0.3, -0.25) is 4.79 Å². The molecule has 1 unspecified atom stereocenters. The summed E-state index contributed by atoms with van der Waals surface area (Å²) in [5.41, 5.74) is 1.03. The Bertz CT molecular complexity index is 362. The van der Waals surface area contributed by atoms with E-state index >= 15 is 0 Å². The number of hydrogen-bond donors (Lipinski definition) is 2. The highest BCUT2D eigenvalue weighted by molar-refractivity contribution is 7.13. The molecule has 0 aliphatic carbocycles. The summed E-state index contributed by atoms with van der Waals surface area (Å²) in [6, 6.07) is 0.199. The Morgan fingerprint density at radius 2 is 2.18 bits per heavy atom. The zero-order valence-electron chi connectivity index (χ0n) is 10.9. The number of nitrogens with one attached hydrogen (secondary N) is 2. The zero-order chi connectivity index (χ0) is 12.8. The number of hydrogen-bond acceptors (Lipinski definition) is 4. The van der Waals surface area contributed by atoms with E-state index in [0.717, 1.165) is 12.2 Å². The van der Waals surface area contributed by atoms with Crippen LogP contribution in [0.5, 0.6) is 0 Å². The Labute approximate surface area is 107 Å². The fourth-order valence-electron chi connectivity index (χ4n) is 1.48. The molecule has 4 nitrogen and oxygen atoms in total. The first-order chi connectivity index (χ1) is 8.02. The third kappa shape index (κ3) is 4.83. The molecule has 1 aromatic rings. The number of amides is 1. The molecule has 0 aliphatic heterocycles. The molecule has 1 rings (SSSR count). The molecule has 0 spiro atoms. The van der Waals surface area contributed by atoms with E-state index in [0.29, 0.717) is 17.5 Å². The lowest BCUT2D eigenvalue weighted by atomic mass is 10.2. The van der Waals surface area contributed by atoms with Gasteiger partial charge in [-0.15, -0.1) is 11.3 Å². The first kappa shape index (κ1) is 14.1. The number of aromatic nitrogens is 1. The standard InChI is InChI=1S/C12H21N3OS/c1-5-13-9(4)6-11(16)15-12-14-10(7-17-12)8(2)3/h7-9,13H,5-6H2,1-4H3,(H,14,15,16). The molecular formula is C12H21N3OS. The quantitative estimate of drug-likeness (QED) is 0.821. The molecular weight excluding hydrogens is 234 g/mol. The van der Waals surface area contributed by atoms with Gasteiger partial charge in [0.2, 0.25) is 5.91 Å². The molecule has 96 valence electrons. The van der Waals surface area contributed by atoms with Crippen molar-refractivity contribution in [3.63, 3.8) is 0 Å². The van der Waals surface area contributed by atoms with Crippen molar-refractivity contribution in [2.24, 2.45) is 0 Å². The maximum Gasteiger partial charge on any atom is 0.227 e. The predicted molar refractivity (Wildman–Crippen MR) is 72.6 cm³/mol. The molecule has 1 aromatic heterocycles. The fraction of sp³-hybridized carbons (Fsp3) is 0.667. The van der Waals surface area contributed by atoms with Gasteiger partial charge in [-0.2, -0.15) is 0 Å². The number of carbonyl (C=O) groups excluding carboxylic acids is 1. The van der Waals surface area contributed by atoms with Gasteiger partial charge in [-0.05, 0) is 19.4 Å². The minimum Gasteiger partial charge on any atom is -0.314 e. The van der Waals surface area contributed by atoms with Crippen molar-refractivity contribution in [2.75, 3.05) is 11.9 Å². The van der Waals surface area contributed by atoms with Crippen LogP contribution in [0.4, 0.5) is 5.13 Å². The van der Waals surface area contributed by atoms with Crippen LogP contribution in [-0.4, -0.2) is 23.5 Å². The molecule has 0 saturated carbocycles. The van der Waals surface area contributed by atoms with Crippen LogP contribution in [0.3, 0.4) is 0 Å². The van der Waals surface area contributed by atoms with Gasteiger partial charge in [0, 0.05) is 17.8 Å². The van der Waals surface area contributed by atoms with Crippen molar-refractivity contribution in [2.45, 2.75) is 46.1 Å². The lowest BCUT2D eigenvalue weighted by Gasteiger charge is -2.10. The zero-order valence-corrected chi connectivity index (χ0v) is 11.7. The summed E-state index contributed by atoms with van der Waals surface area (Å²) in [5, 5.41) is 8.73. The lowest BCUT2D eigenvalue weighted by molar-refractivity contribution is -0.116. The van der Waals surface area contributed by atoms with E-state index in [2.05, 4.69) is 29.5 Å². The summed E-state index contributed by atoms with van der Waals surface area (Å²) in [7, 11) is 0. The van der Waals surface area contributed by atoms with E-state index in [1.54, 1.807) is 0 Å². The van der Waals surface area contributed by atoms with Crippen molar-refractivity contribution >= 4 is 22.4 Å². The third-order valence-corrected chi connectivity index (χ3v) is 3.18. The molecule has 5 heteroatoms. The van der Waals surface area contributed by atoms with Crippen LogP contribution in [-0.2, 0) is 4.79 Å². The number of carbonyl (C=O) groups is 1. The van der Waals surface area contributed by atoms with Crippen LogP contribution in [0, 0.1) is 0 Å². The van der Waals surface area contributed by atoms with Crippen LogP contribution in [0.1, 0.15) is 45.7 Å². The SMILES string of the molecule is CCNC(C)CC(=O)Nc1nc(C(C)C)cs1. The van der Waals surface area contributed by atoms with E-state index in [9.17, 15) is 4.79 Å². The van der Waals surface area contributed by atoms with Crippen LogP contribution in [0.2, 0.25) is 0 Å². The third-order valence-electron chi connectivity index (χ3n) is 2.40. The van der Waals surface area contributed by atoms with Gasteiger partial charge in [0.05, 0.1) is 5.69 Å². The highest BCUT2D eigenvalue weighted by Gasteiger charge is 2.11. The van der Waals surface area contributed by atoms with Crippen LogP contribution < -0.4 is 10.6 Å². The first-order valence-electron chi connectivity index (χ1n) is 6.01. The van der Waals surface area contributed by atoms with E-state index in [-0.39, 0.29) is 11.9 Å². The van der Waals surface area contributed by atoms with Gasteiger partial charge >= 0.3 is 0 Å². The van der Waals surface area contributed by atoms with E-state index in [1.165, 1.54) is 11.3 Å². The van der Waals surface area contributed by atoms with Crippen LogP contribution in [0.15, 0.2) is 5.38 Å². The van der Waals surface area contributed by atoms with Gasteiger partial charge in [0.15, 0.2) is 5.13 Å². The van der Waals surface area contributed by atoms with Crippen molar-refractivity contribution in [3.8, 4) is 0 Å². The lowest BCUT2D eigenvalue weighted by Crippen LogP contribution is -2.30. The number of nitrogens with zero attached hydrogens (tertiary/aromatic N) is 1. The molecule has 1 amide bonds. The summed E-state index contributed by atoms with van der Waals surface area (Å²) in [5.74, 6) is 0.417. The Hall–Kier alpha value is -0.940. The second-order valence-corrected chi connectivity index (χ2v) is 5.30. The van der Waals surface area contributed by atoms with Crippen LogP contribution >= 0.6 is 11.3 Å². The van der Waals surface area contributed by atoms with Gasteiger partial charge in [-0.1, -0.05) is 20.8 Å². The monoisotopic (exact) mass is 255 g/mol. The highest BCUT2D eigenvalue weighted by Crippen LogP contribution is 2.21. The molecule has 2 N–H and O–H groups in total. The summed E-state index contributed by atoms with van der Waals surface area (Å²) < 4.78 is 0. The minimum atomic E-state index is 0.0168. The van der Waals surface area contributed by atoms with Gasteiger partial charge < -0.3 is 10.6 Å². The van der Waals surface area contributed by atoms with Crippen molar-refractivity contribution < 1.29 is 4.79 Å².